The molecule has 2 aliphatic heterocycles. The summed E-state index contributed by atoms with van der Waals surface area (Å²) in [7, 11) is 0. The molecule has 3 fully saturated rings. The molecule has 1 aromatic heterocycles. The molecule has 2 saturated heterocycles. The van der Waals surface area contributed by atoms with Gasteiger partial charge in [0.05, 0.1) is 28.6 Å². The SMILES string of the molecule is N#Cc1ccc(C(=N)c2ncc(N3CCC4C(CNC(=O)OCc5ccccc5)C4C3)nc2NC2CCCCO2)c(Cl)c1. The van der Waals surface area contributed by atoms with Crippen LogP contribution in [-0.2, 0) is 16.1 Å². The number of benzene rings is 2. The fourth-order valence-electron chi connectivity index (χ4n) is 6.10. The molecule has 1 amide bonds. The van der Waals surface area contributed by atoms with Gasteiger partial charge in [-0.25, -0.2) is 14.8 Å². The molecular formula is C32H34ClN7O3. The highest BCUT2D eigenvalue weighted by molar-refractivity contribution is 6.35. The summed E-state index contributed by atoms with van der Waals surface area (Å²) in [5.74, 6) is 2.64. The van der Waals surface area contributed by atoms with Gasteiger partial charge < -0.3 is 25.0 Å². The van der Waals surface area contributed by atoms with E-state index in [-0.39, 0.29) is 18.5 Å². The van der Waals surface area contributed by atoms with Crippen molar-refractivity contribution in [1.29, 1.82) is 10.7 Å². The number of aromatic nitrogens is 2. The lowest BCUT2D eigenvalue weighted by Crippen LogP contribution is -2.33. The number of amides is 1. The predicted octanol–water partition coefficient (Wildman–Crippen LogP) is 5.36. The molecule has 3 aliphatic rings. The summed E-state index contributed by atoms with van der Waals surface area (Å²) >= 11 is 6.45. The molecular weight excluding hydrogens is 566 g/mol. The van der Waals surface area contributed by atoms with Crippen molar-refractivity contribution in [2.24, 2.45) is 17.8 Å². The Morgan fingerprint density at radius 2 is 2.05 bits per heavy atom. The van der Waals surface area contributed by atoms with E-state index in [1.807, 2.05) is 30.3 Å². The topological polar surface area (TPSA) is 136 Å². The normalized spacial score (nSPS) is 22.6. The Hall–Kier alpha value is -4.20. The molecule has 43 heavy (non-hydrogen) atoms. The van der Waals surface area contributed by atoms with Gasteiger partial charge in [0.25, 0.3) is 0 Å². The van der Waals surface area contributed by atoms with Crippen molar-refractivity contribution >= 4 is 35.0 Å². The minimum absolute atomic E-state index is 0.123. The van der Waals surface area contributed by atoms with Gasteiger partial charge >= 0.3 is 6.09 Å². The fourth-order valence-corrected chi connectivity index (χ4v) is 6.37. The molecule has 10 nitrogen and oxygen atoms in total. The second kappa shape index (κ2) is 13.0. The van der Waals surface area contributed by atoms with E-state index in [0.717, 1.165) is 50.2 Å². The first kappa shape index (κ1) is 28.9. The highest BCUT2D eigenvalue weighted by Crippen LogP contribution is 2.51. The van der Waals surface area contributed by atoms with Crippen LogP contribution >= 0.6 is 11.6 Å². The number of halogens is 1. The van der Waals surface area contributed by atoms with Crippen molar-refractivity contribution in [2.45, 2.75) is 38.5 Å². The highest BCUT2D eigenvalue weighted by Gasteiger charge is 2.52. The molecule has 4 atom stereocenters. The fraction of sp³-hybridized carbons (Fsp3) is 0.406. The molecule has 6 rings (SSSR count). The number of nitriles is 1. The van der Waals surface area contributed by atoms with Gasteiger partial charge in [-0.05, 0) is 67.2 Å². The molecule has 0 bridgehead atoms. The smallest absolute Gasteiger partial charge is 0.407 e. The molecule has 1 saturated carbocycles. The van der Waals surface area contributed by atoms with Crippen LogP contribution in [0.5, 0.6) is 0 Å². The summed E-state index contributed by atoms with van der Waals surface area (Å²) in [4.78, 5) is 24.1. The van der Waals surface area contributed by atoms with Gasteiger partial charge in [0.2, 0.25) is 0 Å². The molecule has 1 aliphatic carbocycles. The second-order valence-corrected chi connectivity index (χ2v) is 11.7. The summed E-state index contributed by atoms with van der Waals surface area (Å²) in [6.07, 6.45) is 5.01. The lowest BCUT2D eigenvalue weighted by atomic mass is 10.0. The van der Waals surface area contributed by atoms with Gasteiger partial charge in [-0.3, -0.25) is 5.41 Å². The maximum absolute atomic E-state index is 12.3. The van der Waals surface area contributed by atoms with Crippen molar-refractivity contribution < 1.29 is 14.3 Å². The molecule has 4 unspecified atom stereocenters. The highest BCUT2D eigenvalue weighted by atomic mass is 35.5. The molecule has 2 aromatic carbocycles. The Bertz CT molecular complexity index is 1520. The third-order valence-electron chi connectivity index (χ3n) is 8.53. The third-order valence-corrected chi connectivity index (χ3v) is 8.85. The number of hydrogen-bond donors (Lipinski definition) is 3. The van der Waals surface area contributed by atoms with Gasteiger partial charge in [0, 0.05) is 31.8 Å². The summed E-state index contributed by atoms with van der Waals surface area (Å²) in [5.41, 5.74) is 2.37. The Morgan fingerprint density at radius 3 is 2.81 bits per heavy atom. The Kier molecular flexibility index (Phi) is 8.72. The molecule has 3 N–H and O–H groups in total. The van der Waals surface area contributed by atoms with E-state index in [9.17, 15) is 10.1 Å². The van der Waals surface area contributed by atoms with Gasteiger partial charge in [0.1, 0.15) is 24.3 Å². The van der Waals surface area contributed by atoms with Crippen LogP contribution in [0, 0.1) is 34.5 Å². The molecule has 11 heteroatoms. The minimum Gasteiger partial charge on any atom is -0.445 e. The first-order chi connectivity index (χ1) is 21.0. The zero-order chi connectivity index (χ0) is 29.8. The van der Waals surface area contributed by atoms with Crippen LogP contribution < -0.4 is 15.5 Å². The average Bonchev–Trinajstić information content (AvgIpc) is 3.75. The number of anilines is 2. The summed E-state index contributed by atoms with van der Waals surface area (Å²) < 4.78 is 11.3. The molecule has 0 spiro atoms. The zero-order valence-corrected chi connectivity index (χ0v) is 24.5. The van der Waals surface area contributed by atoms with Crippen molar-refractivity contribution in [1.82, 2.24) is 15.3 Å². The molecule has 222 valence electrons. The van der Waals surface area contributed by atoms with E-state index in [0.29, 0.717) is 58.6 Å². The second-order valence-electron chi connectivity index (χ2n) is 11.3. The van der Waals surface area contributed by atoms with E-state index in [2.05, 4.69) is 21.6 Å². The summed E-state index contributed by atoms with van der Waals surface area (Å²) in [6, 6.07) is 16.6. The van der Waals surface area contributed by atoms with Gasteiger partial charge in [0.15, 0.2) is 5.82 Å². The number of piperidine rings is 1. The maximum atomic E-state index is 12.3. The number of fused-ring (bicyclic) bond motifs is 1. The quantitative estimate of drug-likeness (QED) is 0.280. The number of carbonyl (C=O) groups is 1. The number of alkyl carbamates (subject to hydrolysis) is 1. The average molecular weight is 600 g/mol. The first-order valence-electron chi connectivity index (χ1n) is 14.7. The number of carbonyl (C=O) groups excluding carboxylic acids is 1. The van der Waals surface area contributed by atoms with E-state index in [1.165, 1.54) is 0 Å². The number of ether oxygens (including phenoxy) is 2. The molecule has 0 radical (unpaired) electrons. The summed E-state index contributed by atoms with van der Waals surface area (Å²) in [5, 5.41) is 24.8. The van der Waals surface area contributed by atoms with Crippen LogP contribution in [0.3, 0.4) is 0 Å². The van der Waals surface area contributed by atoms with E-state index < -0.39 is 6.09 Å². The number of nitrogens with one attached hydrogen (secondary N) is 3. The largest absolute Gasteiger partial charge is 0.445 e. The Balaban J connectivity index is 1.12. The standard InChI is InChI=1S/C32H34ClN7O3/c33-26-14-21(15-34)9-10-23(26)29(35)30-31(39-28-8-4-5-13-42-28)38-27(17-36-30)40-12-11-22-24(25(22)18-40)16-37-32(41)43-19-20-6-2-1-3-7-20/h1-3,6-7,9-10,14,17,22,24-25,28,35H,4-5,8,11-13,16,18-19H2,(H,37,41)(H,38,39). The van der Waals surface area contributed by atoms with Gasteiger partial charge in [-0.15, -0.1) is 0 Å². The van der Waals surface area contributed by atoms with Crippen molar-refractivity contribution in [2.75, 3.05) is 36.5 Å². The Labute approximate surface area is 255 Å². The van der Waals surface area contributed by atoms with Crippen LogP contribution in [0.4, 0.5) is 16.4 Å². The summed E-state index contributed by atoms with van der Waals surface area (Å²) in [6.45, 7) is 3.17. The van der Waals surface area contributed by atoms with Crippen molar-refractivity contribution in [3.8, 4) is 6.07 Å². The molecule has 3 heterocycles. The molecule has 3 aromatic rings. The number of rotatable bonds is 9. The first-order valence-corrected chi connectivity index (χ1v) is 15.1. The number of nitrogens with zero attached hydrogens (tertiary/aromatic N) is 4. The van der Waals surface area contributed by atoms with Crippen LogP contribution in [0.1, 0.15) is 48.1 Å². The van der Waals surface area contributed by atoms with Crippen LogP contribution in [0.2, 0.25) is 5.02 Å². The van der Waals surface area contributed by atoms with E-state index in [1.54, 1.807) is 24.4 Å². The number of hydrogen-bond acceptors (Lipinski definition) is 9. The maximum Gasteiger partial charge on any atom is 0.407 e. The van der Waals surface area contributed by atoms with Crippen LogP contribution in [0.15, 0.2) is 54.7 Å². The van der Waals surface area contributed by atoms with E-state index >= 15 is 0 Å². The van der Waals surface area contributed by atoms with Gasteiger partial charge in [-0.1, -0.05) is 41.9 Å². The van der Waals surface area contributed by atoms with Crippen molar-refractivity contribution in [3.63, 3.8) is 0 Å². The van der Waals surface area contributed by atoms with Crippen molar-refractivity contribution in [3.05, 3.63) is 82.1 Å². The minimum atomic E-state index is -0.392. The predicted molar refractivity (Wildman–Crippen MR) is 163 cm³/mol. The Morgan fingerprint density at radius 1 is 1.19 bits per heavy atom. The zero-order valence-electron chi connectivity index (χ0n) is 23.8. The van der Waals surface area contributed by atoms with E-state index in [4.69, 9.17) is 36.5 Å². The monoisotopic (exact) mass is 599 g/mol. The van der Waals surface area contributed by atoms with Gasteiger partial charge in [-0.2, -0.15) is 5.26 Å². The lowest BCUT2D eigenvalue weighted by Gasteiger charge is -2.29. The van der Waals surface area contributed by atoms with Crippen LogP contribution in [-0.4, -0.2) is 54.2 Å². The third kappa shape index (κ3) is 6.74. The lowest BCUT2D eigenvalue weighted by molar-refractivity contribution is 0.0341. The van der Waals surface area contributed by atoms with Crippen LogP contribution in [0.25, 0.3) is 0 Å².